The van der Waals surface area contributed by atoms with E-state index in [4.69, 9.17) is 4.74 Å². The quantitative estimate of drug-likeness (QED) is 0.342. The molecule has 1 aromatic heterocycles. The molecule has 0 aliphatic rings. The Morgan fingerprint density at radius 2 is 1.70 bits per heavy atom. The van der Waals surface area contributed by atoms with Crippen molar-refractivity contribution < 1.29 is 4.74 Å². The molecule has 3 nitrogen and oxygen atoms in total. The van der Waals surface area contributed by atoms with Crippen LogP contribution in [-0.4, -0.2) is 23.9 Å². The van der Waals surface area contributed by atoms with E-state index in [9.17, 15) is 0 Å². The highest BCUT2D eigenvalue weighted by Crippen LogP contribution is 2.13. The lowest BCUT2D eigenvalue weighted by Gasteiger charge is -2.00. The maximum absolute atomic E-state index is 5.12. The number of nitrogens with zero attached hydrogens (tertiary/aromatic N) is 2. The average Bonchev–Trinajstić information content (AvgIpc) is 3.34. The average molecular weight is 458 g/mol. The SMILES string of the molecule is Brc1ccc(-n2ccnc2)cc1.COc1ccc([B]CC=Cc2ccccc2)cc1. The molecule has 0 saturated heterocycles. The van der Waals surface area contributed by atoms with Gasteiger partial charge in [0.05, 0.1) is 13.4 Å². The van der Waals surface area contributed by atoms with Crippen LogP contribution in [0.2, 0.25) is 6.32 Å². The molecule has 4 aromatic rings. The van der Waals surface area contributed by atoms with Crippen LogP contribution < -0.4 is 10.2 Å². The van der Waals surface area contributed by atoms with E-state index in [0.717, 1.165) is 22.2 Å². The molecule has 0 atom stereocenters. The number of hydrogen-bond donors (Lipinski definition) is 0. The van der Waals surface area contributed by atoms with Crippen LogP contribution in [0.25, 0.3) is 11.8 Å². The summed E-state index contributed by atoms with van der Waals surface area (Å²) >= 11 is 3.38. The van der Waals surface area contributed by atoms with Gasteiger partial charge >= 0.3 is 0 Å². The molecule has 149 valence electrons. The van der Waals surface area contributed by atoms with E-state index < -0.39 is 0 Å². The smallest absolute Gasteiger partial charge is 0.155 e. The topological polar surface area (TPSA) is 27.1 Å². The summed E-state index contributed by atoms with van der Waals surface area (Å²) in [6.45, 7) is 0. The Hall–Kier alpha value is -3.05. The van der Waals surface area contributed by atoms with Gasteiger partial charge in [-0.05, 0) is 42.0 Å². The van der Waals surface area contributed by atoms with Crippen molar-refractivity contribution in [3.63, 3.8) is 0 Å². The van der Waals surface area contributed by atoms with Gasteiger partial charge in [-0.2, -0.15) is 0 Å². The molecule has 5 heteroatoms. The van der Waals surface area contributed by atoms with Crippen LogP contribution in [0.3, 0.4) is 0 Å². The minimum absolute atomic E-state index is 0.895. The first-order chi connectivity index (χ1) is 14.7. The lowest BCUT2D eigenvalue weighted by molar-refractivity contribution is 0.415. The molecule has 0 aliphatic carbocycles. The second-order valence-corrected chi connectivity index (χ2v) is 7.39. The van der Waals surface area contributed by atoms with Crippen LogP contribution in [-0.2, 0) is 0 Å². The molecular formula is C25H23BBrN2O. The Bertz CT molecular complexity index is 1020. The van der Waals surface area contributed by atoms with Gasteiger partial charge in [0.2, 0.25) is 0 Å². The van der Waals surface area contributed by atoms with Crippen LogP contribution in [0.4, 0.5) is 0 Å². The van der Waals surface area contributed by atoms with E-state index in [1.54, 1.807) is 19.6 Å². The number of halogens is 1. The van der Waals surface area contributed by atoms with Gasteiger partial charge in [0.25, 0.3) is 0 Å². The third-order valence-corrected chi connectivity index (χ3v) is 4.87. The van der Waals surface area contributed by atoms with Gasteiger partial charge in [0.15, 0.2) is 7.28 Å². The summed E-state index contributed by atoms with van der Waals surface area (Å²) in [5, 5.41) is 0. The molecule has 0 aliphatic heterocycles. The van der Waals surface area contributed by atoms with Gasteiger partial charge in [0, 0.05) is 22.6 Å². The van der Waals surface area contributed by atoms with E-state index in [2.05, 4.69) is 64.6 Å². The van der Waals surface area contributed by atoms with E-state index in [1.807, 2.05) is 65.4 Å². The number of rotatable bonds is 6. The molecule has 0 N–H and O–H groups in total. The second-order valence-electron chi connectivity index (χ2n) is 6.47. The number of aromatic nitrogens is 2. The molecule has 30 heavy (non-hydrogen) atoms. The summed E-state index contributed by atoms with van der Waals surface area (Å²) < 4.78 is 8.18. The van der Waals surface area contributed by atoms with Gasteiger partial charge in [-0.1, -0.05) is 82.3 Å². The fraction of sp³-hybridized carbons (Fsp3) is 0.0800. The Morgan fingerprint density at radius 3 is 2.33 bits per heavy atom. The van der Waals surface area contributed by atoms with Crippen molar-refractivity contribution in [2.24, 2.45) is 0 Å². The minimum atomic E-state index is 0.895. The summed E-state index contributed by atoms with van der Waals surface area (Å²) in [6, 6.07) is 26.5. The maximum Gasteiger partial charge on any atom is 0.155 e. The molecule has 0 unspecified atom stereocenters. The number of allylic oxidation sites excluding steroid dienone is 1. The van der Waals surface area contributed by atoms with E-state index in [1.165, 1.54) is 11.0 Å². The van der Waals surface area contributed by atoms with Gasteiger partial charge in [0.1, 0.15) is 5.75 Å². The van der Waals surface area contributed by atoms with E-state index in [0.29, 0.717) is 0 Å². The normalized spacial score (nSPS) is 10.3. The monoisotopic (exact) mass is 457 g/mol. The third-order valence-electron chi connectivity index (χ3n) is 4.34. The predicted molar refractivity (Wildman–Crippen MR) is 130 cm³/mol. The number of hydrogen-bond acceptors (Lipinski definition) is 2. The van der Waals surface area contributed by atoms with Crippen molar-refractivity contribution in [2.45, 2.75) is 6.32 Å². The molecule has 0 amide bonds. The molecule has 3 aromatic carbocycles. The summed E-state index contributed by atoms with van der Waals surface area (Å²) in [5.74, 6) is 0.895. The first kappa shape index (κ1) is 21.7. The molecular weight excluding hydrogens is 435 g/mol. The molecule has 0 bridgehead atoms. The van der Waals surface area contributed by atoms with E-state index >= 15 is 0 Å². The van der Waals surface area contributed by atoms with Gasteiger partial charge < -0.3 is 9.30 Å². The Labute approximate surface area is 187 Å². The van der Waals surface area contributed by atoms with Gasteiger partial charge in [-0.15, -0.1) is 0 Å². The van der Waals surface area contributed by atoms with Crippen molar-refractivity contribution in [2.75, 3.05) is 7.11 Å². The van der Waals surface area contributed by atoms with Crippen LogP contribution in [0.15, 0.2) is 108 Å². The largest absolute Gasteiger partial charge is 0.497 e. The molecule has 1 heterocycles. The fourth-order valence-corrected chi connectivity index (χ4v) is 3.00. The van der Waals surface area contributed by atoms with Crippen LogP contribution >= 0.6 is 15.9 Å². The highest BCUT2D eigenvalue weighted by Gasteiger charge is 1.95. The zero-order chi connectivity index (χ0) is 21.0. The fourth-order valence-electron chi connectivity index (χ4n) is 2.74. The Balaban J connectivity index is 0.000000184. The van der Waals surface area contributed by atoms with Crippen molar-refractivity contribution in [3.05, 3.63) is 114 Å². The summed E-state index contributed by atoms with van der Waals surface area (Å²) in [7, 11) is 3.88. The van der Waals surface area contributed by atoms with Crippen molar-refractivity contribution in [1.29, 1.82) is 0 Å². The molecule has 4 rings (SSSR count). The predicted octanol–water partition coefficient (Wildman–Crippen LogP) is 5.79. The van der Waals surface area contributed by atoms with Gasteiger partial charge in [-0.3, -0.25) is 0 Å². The van der Waals surface area contributed by atoms with Crippen molar-refractivity contribution in [1.82, 2.24) is 9.55 Å². The first-order valence-electron chi connectivity index (χ1n) is 9.67. The van der Waals surface area contributed by atoms with Crippen molar-refractivity contribution >= 4 is 34.7 Å². The lowest BCUT2D eigenvalue weighted by atomic mass is 9.67. The summed E-state index contributed by atoms with van der Waals surface area (Å²) in [5.41, 5.74) is 3.57. The summed E-state index contributed by atoms with van der Waals surface area (Å²) in [4.78, 5) is 3.97. The zero-order valence-electron chi connectivity index (χ0n) is 16.9. The number of methoxy groups -OCH3 is 1. The molecule has 1 radical (unpaired) electrons. The number of benzene rings is 3. The lowest BCUT2D eigenvalue weighted by Crippen LogP contribution is -2.11. The van der Waals surface area contributed by atoms with Crippen LogP contribution in [0.1, 0.15) is 5.56 Å². The Morgan fingerprint density at radius 1 is 0.967 bits per heavy atom. The van der Waals surface area contributed by atoms with E-state index in [-0.39, 0.29) is 0 Å². The first-order valence-corrected chi connectivity index (χ1v) is 10.5. The molecule has 0 fully saturated rings. The zero-order valence-corrected chi connectivity index (χ0v) is 18.4. The maximum atomic E-state index is 5.12. The Kier molecular flexibility index (Phi) is 8.54. The number of imidazole rings is 1. The molecule has 0 spiro atoms. The van der Waals surface area contributed by atoms with Crippen LogP contribution in [0, 0.1) is 0 Å². The van der Waals surface area contributed by atoms with Gasteiger partial charge in [-0.25, -0.2) is 4.98 Å². The minimum Gasteiger partial charge on any atom is -0.497 e. The third kappa shape index (κ3) is 7.09. The van der Waals surface area contributed by atoms with Crippen LogP contribution in [0.5, 0.6) is 5.75 Å². The highest BCUT2D eigenvalue weighted by atomic mass is 79.9. The molecule has 0 saturated carbocycles. The second kappa shape index (κ2) is 11.8. The standard InChI is InChI=1S/C16H16BO.C9H7BrN2/c1-18-16-11-9-15(10-12-16)17-13-5-8-14-6-3-2-4-7-14;10-8-1-3-9(4-2-8)12-6-5-11-7-12/h2-12H,13H2,1H3;1-7H. The van der Waals surface area contributed by atoms with Crippen molar-refractivity contribution in [3.8, 4) is 11.4 Å². The number of ether oxygens (including phenoxy) is 1. The highest BCUT2D eigenvalue weighted by molar-refractivity contribution is 9.10. The summed E-state index contributed by atoms with van der Waals surface area (Å²) in [6.07, 6.45) is 10.7.